The monoisotopic (exact) mass is 376 g/mol. The van der Waals surface area contributed by atoms with Gasteiger partial charge in [0, 0.05) is 30.7 Å². The molecular weight excluding hydrogens is 343 g/mol. The number of aryl methyl sites for hydroxylation is 1. The highest BCUT2D eigenvalue weighted by molar-refractivity contribution is 6.64. The summed E-state index contributed by atoms with van der Waals surface area (Å²) in [7, 11) is -0.633. The predicted octanol–water partition coefficient (Wildman–Crippen LogP) is 3.69. The van der Waals surface area contributed by atoms with E-state index in [-0.39, 0.29) is 0 Å². The van der Waals surface area contributed by atoms with Crippen molar-refractivity contribution >= 4 is 18.9 Å². The van der Waals surface area contributed by atoms with Gasteiger partial charge in [0.2, 0.25) is 0 Å². The molecule has 6 heteroatoms. The highest BCUT2D eigenvalue weighted by atomic mass is 16.7. The van der Waals surface area contributed by atoms with Gasteiger partial charge in [-0.05, 0) is 46.6 Å². The molecule has 27 heavy (non-hydrogen) atoms. The van der Waals surface area contributed by atoms with E-state index in [9.17, 15) is 4.79 Å². The van der Waals surface area contributed by atoms with Gasteiger partial charge in [0.05, 0.1) is 17.8 Å². The average molecular weight is 376 g/mol. The fraction of sp³-hybridized carbons (Fsp3) is 0.667. The fourth-order valence-corrected chi connectivity index (χ4v) is 2.91. The lowest BCUT2D eigenvalue weighted by Gasteiger charge is -2.32. The third-order valence-electron chi connectivity index (χ3n) is 5.36. The standard InChI is InChI=1S/C21H33BO5/c1-7-8-12-24-13-9-14-25-19-16(2)10-11-17(15-23)18(19)22-26-20(3,4)21(5,6)27-22/h10-11,15H,7-9,12-14H2,1-6H3. The van der Waals surface area contributed by atoms with Crippen LogP contribution in [0, 0.1) is 6.92 Å². The van der Waals surface area contributed by atoms with E-state index in [1.54, 1.807) is 6.07 Å². The van der Waals surface area contributed by atoms with Crippen LogP contribution in [0.2, 0.25) is 0 Å². The number of benzene rings is 1. The Labute approximate surface area is 163 Å². The highest BCUT2D eigenvalue weighted by Gasteiger charge is 2.53. The number of hydrogen-bond donors (Lipinski definition) is 0. The summed E-state index contributed by atoms with van der Waals surface area (Å²) in [4.78, 5) is 11.7. The third-order valence-corrected chi connectivity index (χ3v) is 5.36. The van der Waals surface area contributed by atoms with Crippen molar-refractivity contribution in [3.8, 4) is 5.75 Å². The Morgan fingerprint density at radius 1 is 1.04 bits per heavy atom. The molecule has 1 aromatic rings. The second-order valence-corrected chi connectivity index (χ2v) is 8.09. The number of unbranched alkanes of at least 4 members (excludes halogenated alkanes) is 1. The maximum absolute atomic E-state index is 11.7. The van der Waals surface area contributed by atoms with Gasteiger partial charge in [0.15, 0.2) is 0 Å². The molecule has 1 heterocycles. The van der Waals surface area contributed by atoms with Crippen molar-refractivity contribution in [2.45, 2.75) is 72.0 Å². The van der Waals surface area contributed by atoms with Crippen LogP contribution in [-0.2, 0) is 14.0 Å². The number of rotatable bonds is 10. The normalized spacial score (nSPS) is 17.9. The lowest BCUT2D eigenvalue weighted by Crippen LogP contribution is -2.41. The molecule has 1 aromatic carbocycles. The fourth-order valence-electron chi connectivity index (χ4n) is 2.91. The largest absolute Gasteiger partial charge is 0.499 e. The summed E-state index contributed by atoms with van der Waals surface area (Å²) in [6.07, 6.45) is 3.83. The Balaban J connectivity index is 2.14. The second-order valence-electron chi connectivity index (χ2n) is 8.09. The Hall–Kier alpha value is -1.37. The van der Waals surface area contributed by atoms with Crippen LogP contribution in [-0.4, -0.2) is 44.4 Å². The van der Waals surface area contributed by atoms with Crippen LogP contribution >= 0.6 is 0 Å². The van der Waals surface area contributed by atoms with E-state index in [1.165, 1.54) is 0 Å². The molecule has 2 rings (SSSR count). The molecule has 0 bridgehead atoms. The summed E-state index contributed by atoms with van der Waals surface area (Å²) in [6, 6.07) is 3.69. The SMILES string of the molecule is CCCCOCCCOc1c(C)ccc(C=O)c1B1OC(C)(C)C(C)(C)O1. The van der Waals surface area contributed by atoms with Crippen LogP contribution in [0.4, 0.5) is 0 Å². The van der Waals surface area contributed by atoms with Crippen LogP contribution in [0.3, 0.4) is 0 Å². The van der Waals surface area contributed by atoms with Crippen LogP contribution in [0.1, 0.15) is 69.8 Å². The summed E-state index contributed by atoms with van der Waals surface area (Å²) < 4.78 is 24.0. The van der Waals surface area contributed by atoms with Gasteiger partial charge in [0.25, 0.3) is 0 Å². The molecule has 0 atom stereocenters. The topological polar surface area (TPSA) is 54.0 Å². The number of carbonyl (C=O) groups excluding carboxylic acids is 1. The molecule has 0 aromatic heterocycles. The number of hydrogen-bond acceptors (Lipinski definition) is 5. The molecule has 0 unspecified atom stereocenters. The number of aldehydes is 1. The molecule has 0 aliphatic carbocycles. The van der Waals surface area contributed by atoms with E-state index in [0.717, 1.165) is 37.7 Å². The lowest BCUT2D eigenvalue weighted by molar-refractivity contribution is 0.00578. The van der Waals surface area contributed by atoms with E-state index in [1.807, 2.05) is 40.7 Å². The van der Waals surface area contributed by atoms with Gasteiger partial charge in [-0.1, -0.05) is 25.5 Å². The molecule has 1 saturated heterocycles. The van der Waals surface area contributed by atoms with E-state index in [4.69, 9.17) is 18.8 Å². The first-order valence-electron chi connectivity index (χ1n) is 9.88. The van der Waals surface area contributed by atoms with Crippen molar-refractivity contribution in [1.29, 1.82) is 0 Å². The summed E-state index contributed by atoms with van der Waals surface area (Å²) in [5, 5.41) is 0. The first-order valence-corrected chi connectivity index (χ1v) is 9.88. The Kier molecular flexibility index (Phi) is 7.49. The molecule has 150 valence electrons. The van der Waals surface area contributed by atoms with Gasteiger partial charge >= 0.3 is 7.12 Å². The summed E-state index contributed by atoms with van der Waals surface area (Å²) in [5.74, 6) is 0.673. The number of carbonyl (C=O) groups is 1. The maximum Gasteiger partial charge on any atom is 0.499 e. The molecule has 1 aliphatic rings. The van der Waals surface area contributed by atoms with Gasteiger partial charge in [-0.15, -0.1) is 0 Å². The quantitative estimate of drug-likeness (QED) is 0.354. The van der Waals surface area contributed by atoms with Crippen LogP contribution in [0.25, 0.3) is 0 Å². The maximum atomic E-state index is 11.7. The van der Waals surface area contributed by atoms with Crippen molar-refractivity contribution in [3.05, 3.63) is 23.3 Å². The van der Waals surface area contributed by atoms with E-state index in [0.29, 0.717) is 30.0 Å². The van der Waals surface area contributed by atoms with Crippen LogP contribution < -0.4 is 10.2 Å². The minimum atomic E-state index is -0.633. The molecule has 5 nitrogen and oxygen atoms in total. The lowest BCUT2D eigenvalue weighted by atomic mass is 9.74. The molecule has 0 spiro atoms. The summed E-state index contributed by atoms with van der Waals surface area (Å²) in [6.45, 7) is 14.1. The zero-order chi connectivity index (χ0) is 20.1. The molecular formula is C21H33BO5. The Morgan fingerprint density at radius 2 is 1.67 bits per heavy atom. The van der Waals surface area contributed by atoms with Crippen molar-refractivity contribution in [2.24, 2.45) is 0 Å². The smallest absolute Gasteiger partial charge is 0.494 e. The van der Waals surface area contributed by atoms with Crippen molar-refractivity contribution in [2.75, 3.05) is 19.8 Å². The zero-order valence-electron chi connectivity index (χ0n) is 17.6. The van der Waals surface area contributed by atoms with Gasteiger partial charge in [0.1, 0.15) is 12.0 Å². The van der Waals surface area contributed by atoms with Crippen molar-refractivity contribution in [3.63, 3.8) is 0 Å². The van der Waals surface area contributed by atoms with Gasteiger partial charge in [-0.3, -0.25) is 4.79 Å². The first-order chi connectivity index (χ1) is 12.7. The Bertz CT molecular complexity index is 626. The number of ether oxygens (including phenoxy) is 2. The van der Waals surface area contributed by atoms with E-state index >= 15 is 0 Å². The summed E-state index contributed by atoms with van der Waals surface area (Å²) >= 11 is 0. The third kappa shape index (κ3) is 5.12. The van der Waals surface area contributed by atoms with E-state index in [2.05, 4.69) is 6.92 Å². The zero-order valence-corrected chi connectivity index (χ0v) is 17.6. The predicted molar refractivity (Wildman–Crippen MR) is 108 cm³/mol. The van der Waals surface area contributed by atoms with Gasteiger partial charge in [-0.25, -0.2) is 0 Å². The Morgan fingerprint density at radius 3 is 2.26 bits per heavy atom. The average Bonchev–Trinajstić information content (AvgIpc) is 2.82. The minimum Gasteiger partial charge on any atom is -0.494 e. The molecule has 0 amide bonds. The molecule has 1 fully saturated rings. The molecule has 0 N–H and O–H groups in total. The van der Waals surface area contributed by atoms with Crippen LogP contribution in [0.15, 0.2) is 12.1 Å². The molecule has 1 aliphatic heterocycles. The van der Waals surface area contributed by atoms with Gasteiger partial charge in [-0.2, -0.15) is 0 Å². The second kappa shape index (κ2) is 9.22. The first kappa shape index (κ1) is 21.9. The molecule has 0 radical (unpaired) electrons. The molecule has 0 saturated carbocycles. The van der Waals surface area contributed by atoms with Gasteiger partial charge < -0.3 is 18.8 Å². The van der Waals surface area contributed by atoms with E-state index < -0.39 is 18.3 Å². The minimum absolute atomic E-state index is 0.480. The van der Waals surface area contributed by atoms with Crippen molar-refractivity contribution in [1.82, 2.24) is 0 Å². The van der Waals surface area contributed by atoms with Crippen molar-refractivity contribution < 1.29 is 23.6 Å². The highest BCUT2D eigenvalue weighted by Crippen LogP contribution is 2.37. The van der Waals surface area contributed by atoms with Crippen LogP contribution in [0.5, 0.6) is 5.75 Å². The summed E-state index contributed by atoms with van der Waals surface area (Å²) in [5.41, 5.74) is 1.21.